The van der Waals surface area contributed by atoms with Crippen LogP contribution in [0.4, 0.5) is 22.0 Å². The first-order chi connectivity index (χ1) is 24.3. The van der Waals surface area contributed by atoms with Crippen molar-refractivity contribution in [3.05, 3.63) is 113 Å². The maximum atomic E-state index is 15.8. The van der Waals surface area contributed by atoms with Crippen molar-refractivity contribution >= 4 is 17.0 Å². The van der Waals surface area contributed by atoms with Crippen LogP contribution in [0.25, 0.3) is 28.1 Å². The Labute approximate surface area is 286 Å². The predicted octanol–water partition coefficient (Wildman–Crippen LogP) is 6.84. The number of imidazole rings is 1. The number of alkyl halides is 3. The Balaban J connectivity index is 1.16. The van der Waals surface area contributed by atoms with E-state index < -0.39 is 36.0 Å². The molecule has 0 aliphatic carbocycles. The molecule has 1 atom stereocenters. The van der Waals surface area contributed by atoms with Crippen LogP contribution in [0.1, 0.15) is 52.8 Å². The van der Waals surface area contributed by atoms with E-state index in [9.17, 15) is 23.1 Å². The molecule has 11 nitrogen and oxygen atoms in total. The van der Waals surface area contributed by atoms with Gasteiger partial charge in [0.15, 0.2) is 5.82 Å². The highest BCUT2D eigenvalue weighted by molar-refractivity contribution is 5.92. The van der Waals surface area contributed by atoms with Crippen molar-refractivity contribution in [3.63, 3.8) is 0 Å². The number of carbonyl (C=O) groups is 1. The van der Waals surface area contributed by atoms with E-state index in [0.717, 1.165) is 29.1 Å². The van der Waals surface area contributed by atoms with E-state index in [0.29, 0.717) is 30.1 Å². The molecule has 1 aliphatic rings. The van der Waals surface area contributed by atoms with Gasteiger partial charge in [-0.25, -0.2) is 33.2 Å². The van der Waals surface area contributed by atoms with Crippen LogP contribution in [0, 0.1) is 17.0 Å². The zero-order valence-corrected chi connectivity index (χ0v) is 27.0. The average molecular weight is 706 g/mol. The van der Waals surface area contributed by atoms with Crippen molar-refractivity contribution in [2.75, 3.05) is 13.2 Å². The van der Waals surface area contributed by atoms with E-state index in [1.165, 1.54) is 42.7 Å². The molecule has 51 heavy (non-hydrogen) atoms. The number of hydrogen-bond donors (Lipinski definition) is 1. The van der Waals surface area contributed by atoms with Crippen LogP contribution in [0.15, 0.2) is 73.2 Å². The van der Waals surface area contributed by atoms with Crippen molar-refractivity contribution in [3.8, 4) is 23.0 Å². The Morgan fingerprint density at radius 1 is 1.06 bits per heavy atom. The van der Waals surface area contributed by atoms with Gasteiger partial charge in [-0.15, -0.1) is 5.10 Å². The number of carboxylic acids is 1. The summed E-state index contributed by atoms with van der Waals surface area (Å²) >= 11 is 0. The predicted molar refractivity (Wildman–Crippen MR) is 171 cm³/mol. The maximum absolute atomic E-state index is 15.8. The van der Waals surface area contributed by atoms with Crippen LogP contribution in [-0.4, -0.2) is 58.8 Å². The maximum Gasteiger partial charge on any atom is 0.416 e. The zero-order valence-electron chi connectivity index (χ0n) is 27.0. The number of pyridine rings is 2. The second-order valence-corrected chi connectivity index (χ2v) is 12.7. The number of aromatic nitrogens is 7. The van der Waals surface area contributed by atoms with Crippen molar-refractivity contribution in [2.24, 2.45) is 5.41 Å². The second kappa shape index (κ2) is 12.8. The fraction of sp³-hybridized carbons (Fsp3) is 0.257. The number of ether oxygens (including phenoxy) is 2. The molecule has 2 aromatic carbocycles. The second-order valence-electron chi connectivity index (χ2n) is 12.7. The first-order valence-electron chi connectivity index (χ1n) is 15.6. The molecule has 0 spiro atoms. The minimum Gasteiger partial charge on any atom is -0.478 e. The third-order valence-electron chi connectivity index (χ3n) is 8.77. The summed E-state index contributed by atoms with van der Waals surface area (Å²) < 4.78 is 87.5. The standard InChI is InChI=1S/C35H28F5N7O4/c1-34(2)18-50-17-29(34)47-28-11-19(33(48)49)6-7-27(28)43-31(47)12-20-10-25(37)22(13-24(20)36)26-4-3-5-32(44-26)51-16-21-15-41-30(46-9-8-42-45-46)14-23(21)35(38,39)40/h3-11,13-15,29H,12,16-18H2,1-2H3,(H,48,49). The van der Waals surface area contributed by atoms with Crippen molar-refractivity contribution in [2.45, 2.75) is 39.1 Å². The van der Waals surface area contributed by atoms with Crippen molar-refractivity contribution in [1.29, 1.82) is 0 Å². The summed E-state index contributed by atoms with van der Waals surface area (Å²) in [5.74, 6) is -2.48. The number of carboxylic acid groups (broad SMARTS) is 1. The lowest BCUT2D eigenvalue weighted by Crippen LogP contribution is -2.27. The molecular weight excluding hydrogens is 677 g/mol. The zero-order chi connectivity index (χ0) is 36.1. The monoisotopic (exact) mass is 705 g/mol. The third-order valence-corrected chi connectivity index (χ3v) is 8.77. The largest absolute Gasteiger partial charge is 0.478 e. The van der Waals surface area contributed by atoms with E-state index in [4.69, 9.17) is 9.47 Å². The van der Waals surface area contributed by atoms with Crippen molar-refractivity contribution in [1.82, 2.24) is 34.5 Å². The summed E-state index contributed by atoms with van der Waals surface area (Å²) in [5.41, 5.74) is -0.744. The molecule has 1 aliphatic heterocycles. The van der Waals surface area contributed by atoms with E-state index in [1.807, 2.05) is 18.4 Å². The van der Waals surface area contributed by atoms with E-state index in [-0.39, 0.29) is 57.5 Å². The van der Waals surface area contributed by atoms with Gasteiger partial charge in [-0.1, -0.05) is 25.1 Å². The molecule has 1 N–H and O–H groups in total. The first-order valence-corrected chi connectivity index (χ1v) is 15.6. The number of rotatable bonds is 9. The number of nitrogens with zero attached hydrogens (tertiary/aromatic N) is 7. The van der Waals surface area contributed by atoms with Gasteiger partial charge in [0, 0.05) is 35.2 Å². The number of fused-ring (bicyclic) bond motifs is 1. The van der Waals surface area contributed by atoms with Gasteiger partial charge in [0.1, 0.15) is 24.1 Å². The summed E-state index contributed by atoms with van der Waals surface area (Å²) in [5, 5.41) is 16.8. The third kappa shape index (κ3) is 6.61. The number of halogens is 5. The quantitative estimate of drug-likeness (QED) is 0.161. The minimum absolute atomic E-state index is 0.00286. The van der Waals surface area contributed by atoms with Crippen LogP contribution in [0.2, 0.25) is 0 Å². The molecule has 1 fully saturated rings. The molecule has 0 bridgehead atoms. The van der Waals surface area contributed by atoms with E-state index in [1.54, 1.807) is 6.07 Å². The summed E-state index contributed by atoms with van der Waals surface area (Å²) in [6, 6.07) is 11.4. The Morgan fingerprint density at radius 2 is 1.88 bits per heavy atom. The van der Waals surface area contributed by atoms with Gasteiger partial charge >= 0.3 is 12.1 Å². The number of hydrogen-bond acceptors (Lipinski definition) is 8. The topological polar surface area (TPSA) is 130 Å². The van der Waals surface area contributed by atoms with Gasteiger partial charge in [-0.2, -0.15) is 13.2 Å². The molecule has 7 rings (SSSR count). The minimum atomic E-state index is -4.74. The molecule has 0 saturated carbocycles. The van der Waals surface area contributed by atoms with Crippen LogP contribution >= 0.6 is 0 Å². The average Bonchev–Trinajstić information content (AvgIpc) is 3.83. The first kappa shape index (κ1) is 33.7. The molecular formula is C35H28F5N7O4. The molecule has 1 unspecified atom stereocenters. The van der Waals surface area contributed by atoms with Gasteiger partial charge in [0.2, 0.25) is 5.88 Å². The number of benzene rings is 2. The molecule has 0 amide bonds. The molecule has 16 heteroatoms. The molecule has 5 heterocycles. The van der Waals surface area contributed by atoms with Crippen LogP contribution < -0.4 is 4.74 Å². The van der Waals surface area contributed by atoms with Crippen molar-refractivity contribution < 1.29 is 41.3 Å². The summed E-state index contributed by atoms with van der Waals surface area (Å²) in [7, 11) is 0. The molecule has 262 valence electrons. The fourth-order valence-corrected chi connectivity index (χ4v) is 6.12. The Kier molecular flexibility index (Phi) is 8.49. The van der Waals surface area contributed by atoms with E-state index in [2.05, 4.69) is 25.3 Å². The normalized spacial score (nSPS) is 15.8. The summed E-state index contributed by atoms with van der Waals surface area (Å²) in [6.07, 6.45) is -1.19. The molecule has 6 aromatic rings. The highest BCUT2D eigenvalue weighted by atomic mass is 19.4. The molecule has 1 saturated heterocycles. The van der Waals surface area contributed by atoms with Crippen LogP contribution in [0.5, 0.6) is 5.88 Å². The highest BCUT2D eigenvalue weighted by Gasteiger charge is 2.39. The lowest BCUT2D eigenvalue weighted by atomic mass is 9.87. The fourth-order valence-electron chi connectivity index (χ4n) is 6.12. The highest BCUT2D eigenvalue weighted by Crippen LogP contribution is 2.41. The summed E-state index contributed by atoms with van der Waals surface area (Å²) in [4.78, 5) is 24.7. The van der Waals surface area contributed by atoms with E-state index >= 15 is 8.78 Å². The van der Waals surface area contributed by atoms with Gasteiger partial charge in [0.25, 0.3) is 0 Å². The Morgan fingerprint density at radius 3 is 2.59 bits per heavy atom. The smallest absolute Gasteiger partial charge is 0.416 e. The van der Waals surface area contributed by atoms with Gasteiger partial charge < -0.3 is 19.1 Å². The molecule has 0 radical (unpaired) electrons. The lowest BCUT2D eigenvalue weighted by Gasteiger charge is -2.28. The van der Waals surface area contributed by atoms with Gasteiger partial charge in [-0.3, -0.25) is 0 Å². The lowest BCUT2D eigenvalue weighted by molar-refractivity contribution is -0.138. The molecule has 4 aromatic heterocycles. The summed E-state index contributed by atoms with van der Waals surface area (Å²) in [6.45, 7) is 4.21. The van der Waals surface area contributed by atoms with Crippen LogP contribution in [0.3, 0.4) is 0 Å². The SMILES string of the molecule is CC1(C)COCC1n1c(Cc2cc(F)c(-c3cccc(OCc4cnc(-n5ccnn5)cc4C(F)(F)F)n3)cc2F)nc2ccc(C(=O)O)cc21. The van der Waals surface area contributed by atoms with Gasteiger partial charge in [-0.05, 0) is 48.0 Å². The van der Waals surface area contributed by atoms with Crippen LogP contribution in [-0.2, 0) is 23.9 Å². The Hall–Kier alpha value is -5.77. The Bertz CT molecular complexity index is 2270. The van der Waals surface area contributed by atoms with Gasteiger partial charge in [0.05, 0.1) is 59.5 Å². The number of aromatic carboxylic acids is 1.